The van der Waals surface area contributed by atoms with E-state index in [9.17, 15) is 9.59 Å². The molecule has 2 heteroatoms. The fourth-order valence-corrected chi connectivity index (χ4v) is 2.73. The SMILES string of the molecule is CC1(C)CC(=O)C2(C)CCC(=O)C=C2C1. The van der Waals surface area contributed by atoms with E-state index < -0.39 is 0 Å². The van der Waals surface area contributed by atoms with Gasteiger partial charge in [-0.3, -0.25) is 9.59 Å². The van der Waals surface area contributed by atoms with E-state index >= 15 is 0 Å². The van der Waals surface area contributed by atoms with Gasteiger partial charge in [-0.15, -0.1) is 0 Å². The van der Waals surface area contributed by atoms with Crippen LogP contribution in [0.15, 0.2) is 11.6 Å². The van der Waals surface area contributed by atoms with Crippen molar-refractivity contribution in [2.24, 2.45) is 10.8 Å². The molecule has 0 amide bonds. The second-order valence-electron chi connectivity index (χ2n) is 5.91. The molecule has 1 saturated carbocycles. The highest BCUT2D eigenvalue weighted by molar-refractivity contribution is 5.98. The Hall–Kier alpha value is -0.920. The smallest absolute Gasteiger partial charge is 0.155 e. The zero-order valence-electron chi connectivity index (χ0n) is 9.72. The van der Waals surface area contributed by atoms with Crippen molar-refractivity contribution in [3.05, 3.63) is 11.6 Å². The number of hydrogen-bond donors (Lipinski definition) is 0. The number of carbonyl (C=O) groups excluding carboxylic acids is 2. The van der Waals surface area contributed by atoms with Crippen LogP contribution in [0.25, 0.3) is 0 Å². The Morgan fingerprint density at radius 1 is 1.13 bits per heavy atom. The van der Waals surface area contributed by atoms with Gasteiger partial charge < -0.3 is 0 Å². The van der Waals surface area contributed by atoms with Crippen molar-refractivity contribution >= 4 is 11.6 Å². The van der Waals surface area contributed by atoms with Crippen LogP contribution in [-0.4, -0.2) is 11.6 Å². The van der Waals surface area contributed by atoms with E-state index in [1.165, 1.54) is 0 Å². The van der Waals surface area contributed by atoms with Crippen molar-refractivity contribution in [3.63, 3.8) is 0 Å². The summed E-state index contributed by atoms with van der Waals surface area (Å²) in [5.41, 5.74) is 0.767. The first-order valence-electron chi connectivity index (χ1n) is 5.61. The van der Waals surface area contributed by atoms with Gasteiger partial charge in [0, 0.05) is 18.3 Å². The molecule has 0 aromatic carbocycles. The molecule has 2 aliphatic carbocycles. The van der Waals surface area contributed by atoms with E-state index in [2.05, 4.69) is 13.8 Å². The Morgan fingerprint density at radius 3 is 2.47 bits per heavy atom. The third kappa shape index (κ3) is 1.66. The summed E-state index contributed by atoms with van der Waals surface area (Å²) in [6, 6.07) is 0. The van der Waals surface area contributed by atoms with Crippen LogP contribution in [0, 0.1) is 10.8 Å². The van der Waals surface area contributed by atoms with Crippen LogP contribution in [0.5, 0.6) is 0 Å². The van der Waals surface area contributed by atoms with Gasteiger partial charge in [-0.1, -0.05) is 19.4 Å². The summed E-state index contributed by atoms with van der Waals surface area (Å²) in [4.78, 5) is 23.5. The molecule has 0 N–H and O–H groups in total. The Balaban J connectivity index is 2.42. The number of hydrogen-bond acceptors (Lipinski definition) is 2. The highest BCUT2D eigenvalue weighted by Crippen LogP contribution is 2.50. The second kappa shape index (κ2) is 3.03. The Kier molecular flexibility index (Phi) is 2.14. The highest BCUT2D eigenvalue weighted by Gasteiger charge is 2.46. The summed E-state index contributed by atoms with van der Waals surface area (Å²) >= 11 is 0. The number of rotatable bonds is 0. The second-order valence-corrected chi connectivity index (χ2v) is 5.91. The van der Waals surface area contributed by atoms with Crippen molar-refractivity contribution in [2.75, 3.05) is 0 Å². The van der Waals surface area contributed by atoms with Gasteiger partial charge in [0.2, 0.25) is 0 Å². The van der Waals surface area contributed by atoms with Crippen molar-refractivity contribution in [3.8, 4) is 0 Å². The molecule has 2 aliphatic rings. The summed E-state index contributed by atoms with van der Waals surface area (Å²) in [5, 5.41) is 0. The molecule has 2 nitrogen and oxygen atoms in total. The van der Waals surface area contributed by atoms with Gasteiger partial charge >= 0.3 is 0 Å². The number of carbonyl (C=O) groups is 2. The lowest BCUT2D eigenvalue weighted by atomic mass is 9.59. The molecular formula is C13H18O2. The van der Waals surface area contributed by atoms with Crippen molar-refractivity contribution in [1.82, 2.24) is 0 Å². The number of Topliss-reactive ketones (excluding diaryl/α,β-unsaturated/α-hetero) is 1. The summed E-state index contributed by atoms with van der Waals surface area (Å²) < 4.78 is 0. The molecule has 0 aromatic rings. The largest absolute Gasteiger partial charge is 0.299 e. The summed E-state index contributed by atoms with van der Waals surface area (Å²) in [6.45, 7) is 6.21. The minimum Gasteiger partial charge on any atom is -0.299 e. The maximum atomic E-state index is 12.1. The van der Waals surface area contributed by atoms with Gasteiger partial charge in [-0.2, -0.15) is 0 Å². The lowest BCUT2D eigenvalue weighted by molar-refractivity contribution is -0.131. The van der Waals surface area contributed by atoms with Crippen LogP contribution in [0.2, 0.25) is 0 Å². The van der Waals surface area contributed by atoms with Gasteiger partial charge in [0.05, 0.1) is 0 Å². The van der Waals surface area contributed by atoms with Crippen molar-refractivity contribution < 1.29 is 9.59 Å². The zero-order valence-corrected chi connectivity index (χ0v) is 9.72. The van der Waals surface area contributed by atoms with E-state index in [0.717, 1.165) is 12.0 Å². The van der Waals surface area contributed by atoms with Crippen molar-refractivity contribution in [1.29, 1.82) is 0 Å². The lowest BCUT2D eigenvalue weighted by Gasteiger charge is -2.44. The quantitative estimate of drug-likeness (QED) is 0.610. The fraction of sp³-hybridized carbons (Fsp3) is 0.692. The standard InChI is InChI=1S/C13H18O2/c1-12(2)7-9-6-10(14)4-5-13(9,3)11(15)8-12/h6H,4-5,7-8H2,1-3H3. The molecule has 2 rings (SSSR count). The molecule has 1 atom stereocenters. The van der Waals surface area contributed by atoms with Crippen LogP contribution >= 0.6 is 0 Å². The van der Waals surface area contributed by atoms with Crippen LogP contribution < -0.4 is 0 Å². The molecule has 1 fully saturated rings. The zero-order chi connectivity index (χ0) is 11.3. The molecule has 0 aliphatic heterocycles. The Morgan fingerprint density at radius 2 is 1.80 bits per heavy atom. The summed E-state index contributed by atoms with van der Waals surface area (Å²) in [7, 11) is 0. The predicted octanol–water partition coefficient (Wildman–Crippen LogP) is 2.67. The normalized spacial score (nSPS) is 34.7. The van der Waals surface area contributed by atoms with E-state index in [1.807, 2.05) is 6.92 Å². The molecule has 15 heavy (non-hydrogen) atoms. The number of fused-ring (bicyclic) bond motifs is 1. The van der Waals surface area contributed by atoms with Gasteiger partial charge in [-0.25, -0.2) is 0 Å². The van der Waals surface area contributed by atoms with E-state index in [4.69, 9.17) is 0 Å². The minimum absolute atomic E-state index is 0.0278. The topological polar surface area (TPSA) is 34.1 Å². The average Bonchev–Trinajstić information content (AvgIpc) is 2.08. The average molecular weight is 206 g/mol. The Bertz CT molecular complexity index is 363. The Labute approximate surface area is 90.7 Å². The lowest BCUT2D eigenvalue weighted by Crippen LogP contribution is -2.42. The van der Waals surface area contributed by atoms with Gasteiger partial charge in [0.25, 0.3) is 0 Å². The van der Waals surface area contributed by atoms with E-state index in [0.29, 0.717) is 25.0 Å². The van der Waals surface area contributed by atoms with Crippen molar-refractivity contribution in [2.45, 2.75) is 46.5 Å². The molecule has 82 valence electrons. The third-order valence-electron chi connectivity index (χ3n) is 3.84. The first kappa shape index (κ1) is 10.6. The minimum atomic E-state index is -0.330. The van der Waals surface area contributed by atoms with Gasteiger partial charge in [0.15, 0.2) is 5.78 Å². The third-order valence-corrected chi connectivity index (χ3v) is 3.84. The van der Waals surface area contributed by atoms with E-state index in [-0.39, 0.29) is 16.6 Å². The predicted molar refractivity (Wildman–Crippen MR) is 58.5 cm³/mol. The van der Waals surface area contributed by atoms with Crippen LogP contribution in [0.1, 0.15) is 46.5 Å². The maximum absolute atomic E-state index is 12.1. The first-order valence-corrected chi connectivity index (χ1v) is 5.61. The molecule has 0 radical (unpaired) electrons. The molecule has 0 bridgehead atoms. The summed E-state index contributed by atoms with van der Waals surface area (Å²) in [5.74, 6) is 0.505. The maximum Gasteiger partial charge on any atom is 0.155 e. The monoisotopic (exact) mass is 206 g/mol. The number of allylic oxidation sites excluding steroid dienone is 2. The molecular weight excluding hydrogens is 188 g/mol. The molecule has 1 unspecified atom stereocenters. The highest BCUT2D eigenvalue weighted by atomic mass is 16.1. The molecule has 0 saturated heterocycles. The molecule has 0 heterocycles. The van der Waals surface area contributed by atoms with Crippen LogP contribution in [-0.2, 0) is 9.59 Å². The summed E-state index contributed by atoms with van der Waals surface area (Å²) in [6.07, 6.45) is 4.51. The number of ketones is 2. The van der Waals surface area contributed by atoms with E-state index in [1.54, 1.807) is 6.08 Å². The first-order chi connectivity index (χ1) is 6.83. The van der Waals surface area contributed by atoms with Gasteiger partial charge in [-0.05, 0) is 31.3 Å². The van der Waals surface area contributed by atoms with Gasteiger partial charge in [0.1, 0.15) is 5.78 Å². The molecule has 0 aromatic heterocycles. The van der Waals surface area contributed by atoms with Crippen LogP contribution in [0.3, 0.4) is 0 Å². The fourth-order valence-electron chi connectivity index (χ4n) is 2.73. The van der Waals surface area contributed by atoms with Crippen LogP contribution in [0.4, 0.5) is 0 Å². The molecule has 0 spiro atoms.